The molecule has 1 aliphatic rings. The van der Waals surface area contributed by atoms with E-state index in [-0.39, 0.29) is 16.9 Å². The Bertz CT molecular complexity index is 1020. The fourth-order valence-corrected chi connectivity index (χ4v) is 4.14. The van der Waals surface area contributed by atoms with Gasteiger partial charge in [0.2, 0.25) is 5.95 Å². The second-order valence-electron chi connectivity index (χ2n) is 7.19. The van der Waals surface area contributed by atoms with Crippen LogP contribution in [-0.2, 0) is 9.84 Å². The Morgan fingerprint density at radius 1 is 1.29 bits per heavy atom. The molecule has 1 atom stereocenters. The lowest BCUT2D eigenvalue weighted by molar-refractivity contribution is 0.413. The number of piperazine rings is 1. The molecule has 148 valence electrons. The highest BCUT2D eigenvalue weighted by Gasteiger charge is 2.31. The lowest BCUT2D eigenvalue weighted by Gasteiger charge is -2.44. The van der Waals surface area contributed by atoms with Gasteiger partial charge in [-0.25, -0.2) is 22.8 Å². The third-order valence-electron chi connectivity index (χ3n) is 4.88. The van der Waals surface area contributed by atoms with Crippen LogP contribution in [0.2, 0.25) is 0 Å². The van der Waals surface area contributed by atoms with Gasteiger partial charge in [-0.05, 0) is 30.2 Å². The van der Waals surface area contributed by atoms with Gasteiger partial charge in [0.25, 0.3) is 0 Å². The molecule has 1 unspecified atom stereocenters. The average Bonchev–Trinajstić information content (AvgIpc) is 2.67. The van der Waals surface area contributed by atoms with Gasteiger partial charge < -0.3 is 9.80 Å². The minimum Gasteiger partial charge on any atom is -0.368 e. The maximum absolute atomic E-state index is 13.9. The van der Waals surface area contributed by atoms with Gasteiger partial charge in [0.05, 0.1) is 6.04 Å². The van der Waals surface area contributed by atoms with Crippen molar-refractivity contribution in [3.63, 3.8) is 0 Å². The molecule has 28 heavy (non-hydrogen) atoms. The predicted molar refractivity (Wildman–Crippen MR) is 104 cm³/mol. The van der Waals surface area contributed by atoms with E-state index in [1.165, 1.54) is 12.1 Å². The first-order chi connectivity index (χ1) is 13.2. The maximum atomic E-state index is 13.9. The van der Waals surface area contributed by atoms with Gasteiger partial charge in [0, 0.05) is 37.8 Å². The molecular weight excluding hydrogens is 381 g/mol. The first kappa shape index (κ1) is 20.0. The van der Waals surface area contributed by atoms with Crippen molar-refractivity contribution in [2.45, 2.75) is 24.8 Å². The number of hydrogen-bond acceptors (Lipinski definition) is 7. The van der Waals surface area contributed by atoms with Gasteiger partial charge >= 0.3 is 0 Å². The van der Waals surface area contributed by atoms with Gasteiger partial charge in [0.1, 0.15) is 22.5 Å². The van der Waals surface area contributed by atoms with E-state index in [9.17, 15) is 12.8 Å². The molecule has 1 fully saturated rings. The fraction of sp³-hybridized carbons (Fsp3) is 0.421. The highest BCUT2D eigenvalue weighted by atomic mass is 32.2. The van der Waals surface area contributed by atoms with Gasteiger partial charge in [-0.1, -0.05) is 13.8 Å². The van der Waals surface area contributed by atoms with Crippen molar-refractivity contribution in [2.24, 2.45) is 5.92 Å². The molecule has 1 aromatic carbocycles. The summed E-state index contributed by atoms with van der Waals surface area (Å²) in [7, 11) is -3.65. The Morgan fingerprint density at radius 3 is 2.68 bits per heavy atom. The van der Waals surface area contributed by atoms with Crippen LogP contribution >= 0.6 is 0 Å². The van der Waals surface area contributed by atoms with E-state index in [1.807, 2.05) is 11.0 Å². The Morgan fingerprint density at radius 2 is 2.04 bits per heavy atom. The number of anilines is 2. The number of nitrogens with zero attached hydrogens (tertiary/aromatic N) is 5. The lowest BCUT2D eigenvalue weighted by Crippen LogP contribution is -2.56. The lowest BCUT2D eigenvalue weighted by atomic mass is 9.99. The highest BCUT2D eigenvalue weighted by molar-refractivity contribution is 7.90. The standard InChI is InChI=1S/C19H22FN5O2S/c1-13(2)17-12-24(15-4-5-16(20)18(10-15)28(3,26)27)8-9-25(17)19-22-7-6-14(11-21)23-19/h4-7,10,13,17H,8-9,12H2,1-3H3. The summed E-state index contributed by atoms with van der Waals surface area (Å²) in [6, 6.07) is 7.84. The first-order valence-electron chi connectivity index (χ1n) is 8.95. The largest absolute Gasteiger partial charge is 0.368 e. The van der Waals surface area contributed by atoms with E-state index in [4.69, 9.17) is 5.26 Å². The molecule has 0 N–H and O–H groups in total. The minimum atomic E-state index is -3.65. The molecule has 2 heterocycles. The molecule has 9 heteroatoms. The average molecular weight is 403 g/mol. The van der Waals surface area contributed by atoms with E-state index < -0.39 is 15.7 Å². The van der Waals surface area contributed by atoms with E-state index in [2.05, 4.69) is 28.7 Å². The van der Waals surface area contributed by atoms with Crippen LogP contribution in [-0.4, -0.2) is 50.3 Å². The molecule has 0 saturated carbocycles. The van der Waals surface area contributed by atoms with Crippen molar-refractivity contribution in [1.82, 2.24) is 9.97 Å². The molecular formula is C19H22FN5O2S. The quantitative estimate of drug-likeness (QED) is 0.773. The number of rotatable bonds is 4. The smallest absolute Gasteiger partial charge is 0.226 e. The Balaban J connectivity index is 1.90. The number of nitriles is 1. The summed E-state index contributed by atoms with van der Waals surface area (Å²) >= 11 is 0. The molecule has 1 aliphatic heterocycles. The summed E-state index contributed by atoms with van der Waals surface area (Å²) in [5.74, 6) is 0.0207. The van der Waals surface area contributed by atoms with Gasteiger partial charge in [-0.3, -0.25) is 0 Å². The number of halogens is 1. The van der Waals surface area contributed by atoms with Gasteiger partial charge in [0.15, 0.2) is 9.84 Å². The summed E-state index contributed by atoms with van der Waals surface area (Å²) in [6.45, 7) is 5.97. The maximum Gasteiger partial charge on any atom is 0.226 e. The highest BCUT2D eigenvalue weighted by Crippen LogP contribution is 2.28. The molecule has 1 saturated heterocycles. The normalized spacial score (nSPS) is 17.6. The Labute approximate surface area is 164 Å². The number of aromatic nitrogens is 2. The van der Waals surface area contributed by atoms with E-state index in [1.54, 1.807) is 18.3 Å². The monoisotopic (exact) mass is 403 g/mol. The van der Waals surface area contributed by atoms with Crippen molar-refractivity contribution < 1.29 is 12.8 Å². The predicted octanol–water partition coefficient (Wildman–Crippen LogP) is 2.24. The molecule has 1 aromatic heterocycles. The van der Waals surface area contributed by atoms with Crippen molar-refractivity contribution in [3.8, 4) is 6.07 Å². The van der Waals surface area contributed by atoms with Crippen LogP contribution < -0.4 is 9.80 Å². The third kappa shape index (κ3) is 4.07. The zero-order valence-electron chi connectivity index (χ0n) is 16.0. The van der Waals surface area contributed by atoms with Crippen molar-refractivity contribution in [3.05, 3.63) is 42.0 Å². The van der Waals surface area contributed by atoms with Crippen LogP contribution in [0.4, 0.5) is 16.0 Å². The first-order valence-corrected chi connectivity index (χ1v) is 10.8. The summed E-state index contributed by atoms with van der Waals surface area (Å²) in [6.07, 6.45) is 2.58. The van der Waals surface area contributed by atoms with E-state index in [0.717, 1.165) is 6.26 Å². The molecule has 0 radical (unpaired) electrons. The third-order valence-corrected chi connectivity index (χ3v) is 5.99. The molecule has 0 bridgehead atoms. The number of benzene rings is 1. The molecule has 0 aliphatic carbocycles. The van der Waals surface area contributed by atoms with Crippen LogP contribution in [0.15, 0.2) is 35.4 Å². The molecule has 0 spiro atoms. The Hall–Kier alpha value is -2.73. The zero-order chi connectivity index (χ0) is 20.5. The minimum absolute atomic E-state index is 0.0504. The summed E-state index contributed by atoms with van der Waals surface area (Å²) < 4.78 is 37.6. The van der Waals surface area contributed by atoms with E-state index in [0.29, 0.717) is 37.0 Å². The summed E-state index contributed by atoms with van der Waals surface area (Å²) in [4.78, 5) is 12.4. The fourth-order valence-electron chi connectivity index (χ4n) is 3.39. The zero-order valence-corrected chi connectivity index (χ0v) is 16.8. The van der Waals surface area contributed by atoms with Crippen LogP contribution in [0.25, 0.3) is 0 Å². The topological polar surface area (TPSA) is 90.2 Å². The van der Waals surface area contributed by atoms with Crippen molar-refractivity contribution in [2.75, 3.05) is 35.7 Å². The second kappa shape index (κ2) is 7.72. The summed E-state index contributed by atoms with van der Waals surface area (Å²) in [5, 5.41) is 9.09. The van der Waals surface area contributed by atoms with Crippen LogP contribution in [0, 0.1) is 23.1 Å². The number of hydrogen-bond donors (Lipinski definition) is 0. The number of sulfone groups is 1. The summed E-state index contributed by atoms with van der Waals surface area (Å²) in [5.41, 5.74) is 0.977. The van der Waals surface area contributed by atoms with Crippen LogP contribution in [0.1, 0.15) is 19.5 Å². The van der Waals surface area contributed by atoms with E-state index >= 15 is 0 Å². The molecule has 0 amide bonds. The van der Waals surface area contributed by atoms with Crippen molar-refractivity contribution >= 4 is 21.5 Å². The molecule has 3 rings (SSSR count). The van der Waals surface area contributed by atoms with Gasteiger partial charge in [-0.15, -0.1) is 0 Å². The SMILES string of the molecule is CC(C)C1CN(c2ccc(F)c(S(C)(=O)=O)c2)CCN1c1nccc(C#N)n1. The Kier molecular flexibility index (Phi) is 5.52. The van der Waals surface area contributed by atoms with Crippen LogP contribution in [0.3, 0.4) is 0 Å². The van der Waals surface area contributed by atoms with Gasteiger partial charge in [-0.2, -0.15) is 5.26 Å². The molecule has 7 nitrogen and oxygen atoms in total. The second-order valence-corrected chi connectivity index (χ2v) is 9.18. The van der Waals surface area contributed by atoms with Crippen LogP contribution in [0.5, 0.6) is 0 Å². The molecule has 2 aromatic rings. The van der Waals surface area contributed by atoms with Crippen molar-refractivity contribution in [1.29, 1.82) is 5.26 Å².